The van der Waals surface area contributed by atoms with Gasteiger partial charge in [0.1, 0.15) is 0 Å². The lowest BCUT2D eigenvalue weighted by Gasteiger charge is -2.23. The molecule has 0 aromatic heterocycles. The van der Waals surface area contributed by atoms with E-state index in [0.29, 0.717) is 0 Å². The van der Waals surface area contributed by atoms with E-state index in [1.54, 1.807) is 0 Å². The number of benzene rings is 1. The second-order valence-electron chi connectivity index (χ2n) is 5.89. The number of amides is 2. The largest absolute Gasteiger partial charge is 0.326 e. The lowest BCUT2D eigenvalue weighted by Crippen LogP contribution is -2.30. The van der Waals surface area contributed by atoms with Crippen molar-refractivity contribution < 1.29 is 9.59 Å². The highest BCUT2D eigenvalue weighted by Gasteiger charge is 2.49. The van der Waals surface area contributed by atoms with Gasteiger partial charge in [0.05, 0.1) is 5.71 Å². The zero-order valence-electron chi connectivity index (χ0n) is 11.1. The molecule has 0 spiro atoms. The maximum atomic E-state index is 11.7. The third-order valence-corrected chi connectivity index (χ3v) is 4.40. The molecule has 1 fully saturated rings. The highest BCUT2D eigenvalue weighted by Crippen LogP contribution is 2.43. The Hall–Kier alpha value is -2.17. The highest BCUT2D eigenvalue weighted by molar-refractivity contribution is 6.10. The van der Waals surface area contributed by atoms with Gasteiger partial charge in [0.15, 0.2) is 0 Å². The molecule has 102 valence electrons. The number of hydrogen-bond donors (Lipinski definition) is 2. The minimum Gasteiger partial charge on any atom is -0.326 e. The summed E-state index contributed by atoms with van der Waals surface area (Å²) in [5, 5.41) is 7.14. The number of fused-ring (bicyclic) bond motifs is 2. The number of anilines is 1. The van der Waals surface area contributed by atoms with Gasteiger partial charge in [0.2, 0.25) is 11.8 Å². The van der Waals surface area contributed by atoms with Gasteiger partial charge in [0.25, 0.3) is 0 Å². The second-order valence-corrected chi connectivity index (χ2v) is 5.89. The number of rotatable bonds is 1. The lowest BCUT2D eigenvalue weighted by molar-refractivity contribution is -0.122. The predicted octanol–water partition coefficient (Wildman–Crippen LogP) is 1.29. The Morgan fingerprint density at radius 3 is 2.90 bits per heavy atom. The molecule has 2 N–H and O–H groups in total. The summed E-state index contributed by atoms with van der Waals surface area (Å²) in [5.41, 5.74) is 6.66. The average Bonchev–Trinajstić information content (AvgIpc) is 3.21. The van der Waals surface area contributed by atoms with Gasteiger partial charge >= 0.3 is 0 Å². The smallest absolute Gasteiger partial charge is 0.243 e. The van der Waals surface area contributed by atoms with Gasteiger partial charge in [-0.15, -0.1) is 0 Å². The third-order valence-electron chi connectivity index (χ3n) is 4.40. The Morgan fingerprint density at radius 2 is 2.05 bits per heavy atom. The summed E-state index contributed by atoms with van der Waals surface area (Å²) in [4.78, 5) is 23.1. The van der Waals surface area contributed by atoms with Gasteiger partial charge in [-0.05, 0) is 36.1 Å². The molecule has 4 rings (SSSR count). The maximum absolute atomic E-state index is 11.7. The molecular weight excluding hydrogens is 254 g/mol. The van der Waals surface area contributed by atoms with Crippen molar-refractivity contribution in [1.82, 2.24) is 5.43 Å². The first-order chi connectivity index (χ1) is 9.63. The van der Waals surface area contributed by atoms with Gasteiger partial charge in [-0.2, -0.15) is 5.10 Å². The zero-order valence-corrected chi connectivity index (χ0v) is 11.1. The Kier molecular flexibility index (Phi) is 2.28. The minimum absolute atomic E-state index is 0.000536. The second kappa shape index (κ2) is 3.91. The molecule has 2 unspecified atom stereocenters. The van der Waals surface area contributed by atoms with Crippen LogP contribution in [0, 0.1) is 17.8 Å². The van der Waals surface area contributed by atoms with Crippen LogP contribution in [0.2, 0.25) is 0 Å². The molecule has 3 aliphatic rings. The average molecular weight is 269 g/mol. The molecule has 5 heteroatoms. The van der Waals surface area contributed by atoms with Crippen molar-refractivity contribution in [2.45, 2.75) is 19.8 Å². The SMILES string of the molecule is CC1Cc2cc(C3=NNC(=O)[C@@H]4CC34)ccc2NC1=O. The third kappa shape index (κ3) is 1.66. The Labute approximate surface area is 116 Å². The summed E-state index contributed by atoms with van der Waals surface area (Å²) in [6.07, 6.45) is 1.65. The molecule has 20 heavy (non-hydrogen) atoms. The fraction of sp³-hybridized carbons (Fsp3) is 0.400. The van der Waals surface area contributed by atoms with Crippen LogP contribution in [0.1, 0.15) is 24.5 Å². The zero-order chi connectivity index (χ0) is 13.9. The quantitative estimate of drug-likeness (QED) is 0.806. The van der Waals surface area contributed by atoms with Crippen LogP contribution in [0.4, 0.5) is 5.69 Å². The molecule has 0 saturated heterocycles. The van der Waals surface area contributed by atoms with Gasteiger partial charge in [-0.25, -0.2) is 5.43 Å². The number of hydrogen-bond acceptors (Lipinski definition) is 3. The van der Waals surface area contributed by atoms with Crippen LogP contribution < -0.4 is 10.7 Å². The lowest BCUT2D eigenvalue weighted by atomic mass is 9.91. The predicted molar refractivity (Wildman–Crippen MR) is 74.2 cm³/mol. The van der Waals surface area contributed by atoms with E-state index in [0.717, 1.165) is 35.4 Å². The molecule has 1 aromatic carbocycles. The van der Waals surface area contributed by atoms with Crippen LogP contribution in [0.25, 0.3) is 0 Å². The van der Waals surface area contributed by atoms with E-state index in [4.69, 9.17) is 0 Å². The van der Waals surface area contributed by atoms with Crippen LogP contribution >= 0.6 is 0 Å². The molecule has 3 atom stereocenters. The van der Waals surface area contributed by atoms with E-state index in [9.17, 15) is 9.59 Å². The van der Waals surface area contributed by atoms with Crippen molar-refractivity contribution in [2.24, 2.45) is 22.9 Å². The van der Waals surface area contributed by atoms with Crippen molar-refractivity contribution in [3.05, 3.63) is 29.3 Å². The number of nitrogens with one attached hydrogen (secondary N) is 2. The monoisotopic (exact) mass is 269 g/mol. The topological polar surface area (TPSA) is 70.6 Å². The van der Waals surface area contributed by atoms with Crippen LogP contribution in [-0.2, 0) is 16.0 Å². The Bertz CT molecular complexity index is 665. The molecule has 5 nitrogen and oxygen atoms in total. The van der Waals surface area contributed by atoms with Crippen molar-refractivity contribution >= 4 is 23.2 Å². The van der Waals surface area contributed by atoms with E-state index in [1.807, 2.05) is 19.1 Å². The van der Waals surface area contributed by atoms with Gasteiger partial charge in [-0.3, -0.25) is 9.59 Å². The fourth-order valence-electron chi connectivity index (χ4n) is 3.07. The number of nitrogens with zero attached hydrogens (tertiary/aromatic N) is 1. The number of hydrazone groups is 1. The molecule has 2 amide bonds. The Balaban J connectivity index is 1.70. The summed E-state index contributed by atoms with van der Waals surface area (Å²) < 4.78 is 0. The summed E-state index contributed by atoms with van der Waals surface area (Å²) >= 11 is 0. The highest BCUT2D eigenvalue weighted by atomic mass is 16.2. The summed E-state index contributed by atoms with van der Waals surface area (Å²) in [6.45, 7) is 1.93. The first-order valence-electron chi connectivity index (χ1n) is 6.95. The van der Waals surface area contributed by atoms with E-state index in [1.165, 1.54) is 0 Å². The van der Waals surface area contributed by atoms with Crippen LogP contribution in [0.3, 0.4) is 0 Å². The standard InChI is InChI=1S/C15H15N3O2/c1-7-4-9-5-8(2-3-12(9)16-14(7)19)13-10-6-11(10)15(20)18-17-13/h2-3,5,7,10-11H,4,6H2,1H3,(H,16,19)(H,18,20)/t7?,10?,11-/m1/s1. The summed E-state index contributed by atoms with van der Waals surface area (Å²) in [6, 6.07) is 6.00. The summed E-state index contributed by atoms with van der Waals surface area (Å²) in [5.74, 6) is 0.501. The Morgan fingerprint density at radius 1 is 1.20 bits per heavy atom. The summed E-state index contributed by atoms with van der Waals surface area (Å²) in [7, 11) is 0. The fourth-order valence-corrected chi connectivity index (χ4v) is 3.07. The van der Waals surface area contributed by atoms with Crippen LogP contribution in [0.15, 0.2) is 23.3 Å². The first-order valence-corrected chi connectivity index (χ1v) is 6.95. The molecule has 2 heterocycles. The molecule has 1 aliphatic carbocycles. The van der Waals surface area contributed by atoms with Crippen molar-refractivity contribution in [2.75, 3.05) is 5.32 Å². The molecular formula is C15H15N3O2. The number of carbonyl (C=O) groups excluding carboxylic acids is 2. The molecule has 1 saturated carbocycles. The number of carbonyl (C=O) groups is 2. The van der Waals surface area contributed by atoms with E-state index < -0.39 is 0 Å². The van der Waals surface area contributed by atoms with E-state index in [-0.39, 0.29) is 29.6 Å². The van der Waals surface area contributed by atoms with Crippen LogP contribution in [0.5, 0.6) is 0 Å². The van der Waals surface area contributed by atoms with Gasteiger partial charge in [-0.1, -0.05) is 13.0 Å². The molecule has 2 aliphatic heterocycles. The van der Waals surface area contributed by atoms with Gasteiger partial charge < -0.3 is 5.32 Å². The van der Waals surface area contributed by atoms with Crippen molar-refractivity contribution in [1.29, 1.82) is 0 Å². The minimum atomic E-state index is -0.000536. The van der Waals surface area contributed by atoms with Crippen LogP contribution in [-0.4, -0.2) is 17.5 Å². The molecule has 0 radical (unpaired) electrons. The van der Waals surface area contributed by atoms with Crippen molar-refractivity contribution in [3.63, 3.8) is 0 Å². The van der Waals surface area contributed by atoms with E-state index >= 15 is 0 Å². The van der Waals surface area contributed by atoms with Gasteiger partial charge in [0, 0.05) is 23.4 Å². The maximum Gasteiger partial charge on any atom is 0.243 e. The molecule has 0 bridgehead atoms. The molecule has 1 aromatic rings. The first kappa shape index (κ1) is 11.6. The van der Waals surface area contributed by atoms with Crippen molar-refractivity contribution in [3.8, 4) is 0 Å². The normalized spacial score (nSPS) is 30.6. The van der Waals surface area contributed by atoms with E-state index in [2.05, 4.69) is 21.9 Å².